The van der Waals surface area contributed by atoms with Crippen LogP contribution in [0, 0.1) is 35.5 Å². The summed E-state index contributed by atoms with van der Waals surface area (Å²) in [7, 11) is 0. The second kappa shape index (κ2) is 119. The molecular formula is C116H242. The van der Waals surface area contributed by atoms with Gasteiger partial charge >= 0.3 is 0 Å². The quantitative estimate of drug-likeness (QED) is 0.0533. The van der Waals surface area contributed by atoms with Gasteiger partial charge < -0.3 is 0 Å². The molecule has 0 bridgehead atoms. The molecule has 0 aromatic heterocycles. The summed E-state index contributed by atoms with van der Waals surface area (Å²) in [5.74, 6) is 6.43. The largest absolute Gasteiger partial charge is 0.0654 e. The maximum absolute atomic E-state index is 2.35. The minimum absolute atomic E-state index is 1.03. The van der Waals surface area contributed by atoms with E-state index in [0.29, 0.717) is 0 Å². The van der Waals surface area contributed by atoms with Crippen LogP contribution in [0.25, 0.3) is 0 Å². The van der Waals surface area contributed by atoms with Crippen LogP contribution >= 0.6 is 0 Å². The van der Waals surface area contributed by atoms with Crippen LogP contribution in [-0.4, -0.2) is 0 Å². The van der Waals surface area contributed by atoms with Gasteiger partial charge in [-0.3, -0.25) is 0 Å². The zero-order chi connectivity index (χ0) is 85.9. The molecule has 0 radical (unpaired) electrons. The highest BCUT2D eigenvalue weighted by Gasteiger charge is 2.26. The van der Waals surface area contributed by atoms with Crippen molar-refractivity contribution in [3.63, 3.8) is 0 Å². The normalized spacial score (nSPS) is 15.6. The van der Waals surface area contributed by atoms with Gasteiger partial charge in [-0.25, -0.2) is 0 Å². The smallest absolute Gasteiger partial charge is 0.0386 e. The fraction of sp³-hybridized carbons (Fsp3) is 1.00. The molecule has 2 aliphatic rings. The summed E-state index contributed by atoms with van der Waals surface area (Å²) in [6.07, 6.45) is 138. The van der Waals surface area contributed by atoms with E-state index in [-0.39, 0.29) is 0 Å². The van der Waals surface area contributed by atoms with E-state index in [2.05, 4.69) is 111 Å². The monoisotopic (exact) mass is 1640 g/mol. The van der Waals surface area contributed by atoms with Gasteiger partial charge in [0.2, 0.25) is 0 Å². The van der Waals surface area contributed by atoms with Crippen molar-refractivity contribution >= 4 is 0 Å². The molecule has 0 N–H and O–H groups in total. The molecule has 706 valence electrons. The summed E-state index contributed by atoms with van der Waals surface area (Å²) in [5.41, 5.74) is 0. The van der Waals surface area contributed by atoms with Crippen LogP contribution in [0.5, 0.6) is 0 Å². The first-order valence-electron chi connectivity index (χ1n) is 57.2. The van der Waals surface area contributed by atoms with Crippen LogP contribution in [0.2, 0.25) is 0 Å². The first-order chi connectivity index (χ1) is 57.2. The first-order valence-corrected chi connectivity index (χ1v) is 57.2. The van der Waals surface area contributed by atoms with Gasteiger partial charge in [0.05, 0.1) is 0 Å². The fourth-order valence-electron chi connectivity index (χ4n) is 19.3. The van der Waals surface area contributed by atoms with E-state index < -0.39 is 0 Å². The summed E-state index contributed by atoms with van der Waals surface area (Å²) < 4.78 is 0. The van der Waals surface area contributed by atoms with Crippen LogP contribution in [0.15, 0.2) is 0 Å². The topological polar surface area (TPSA) is 0 Å². The van der Waals surface area contributed by atoms with Gasteiger partial charge in [0.25, 0.3) is 0 Å². The summed E-state index contributed by atoms with van der Waals surface area (Å²) in [5, 5.41) is 0. The maximum atomic E-state index is 2.35. The van der Waals surface area contributed by atoms with E-state index in [4.69, 9.17) is 0 Å². The van der Waals surface area contributed by atoms with E-state index in [1.165, 1.54) is 527 Å². The van der Waals surface area contributed by atoms with Gasteiger partial charge in [-0.2, -0.15) is 0 Å². The Balaban J connectivity index is -0.000000457. The molecule has 6 unspecified atom stereocenters. The Kier molecular flexibility index (Phi) is 128. The second-order valence-corrected chi connectivity index (χ2v) is 39.4. The van der Waals surface area contributed by atoms with Crippen molar-refractivity contribution in [2.24, 2.45) is 35.5 Å². The average molecular weight is 1640 g/mol. The molecule has 116 heavy (non-hydrogen) atoms. The highest BCUT2D eigenvalue weighted by molar-refractivity contribution is 4.78. The average Bonchev–Trinajstić information content (AvgIpc) is 0.906. The molecule has 0 saturated heterocycles. The van der Waals surface area contributed by atoms with Gasteiger partial charge in [-0.05, 0) is 35.5 Å². The Labute approximate surface area is 745 Å². The number of unbranched alkanes of at least 4 members (excludes halogenated alkanes) is 66. The summed E-state index contributed by atoms with van der Waals surface area (Å²) in [6.45, 7) is 36.6. The Morgan fingerprint density at radius 3 is 0.336 bits per heavy atom. The van der Waals surface area contributed by atoms with E-state index in [1.807, 2.05) is 0 Å². The fourth-order valence-corrected chi connectivity index (χ4v) is 19.3. The predicted octanol–water partition coefficient (Wildman–Crippen LogP) is 45.6. The molecule has 0 heteroatoms. The SMILES string of the molecule is CCCCCCC.CCCCCCC.CCCCCCC.CCCCCCCCC.CCCCCCCCCC1CCCCC1CCCCCCCCC.CCCCCCCCCC1CCCCC1CCCCCCCCC.CCCCCCCCCCC(CCCCCCCC)C(CCCCCCCC)CCCCCCCCCC. The van der Waals surface area contributed by atoms with Crippen molar-refractivity contribution in [2.75, 3.05) is 0 Å². The zero-order valence-corrected chi connectivity index (χ0v) is 85.9. The van der Waals surface area contributed by atoms with Gasteiger partial charge in [0, 0.05) is 0 Å². The lowest BCUT2D eigenvalue weighted by molar-refractivity contribution is 0.202. The van der Waals surface area contributed by atoms with E-state index in [0.717, 1.165) is 35.5 Å². The van der Waals surface area contributed by atoms with Crippen molar-refractivity contribution in [3.05, 3.63) is 0 Å². The molecule has 0 nitrogen and oxygen atoms in total. The lowest BCUT2D eigenvalue weighted by Gasteiger charge is -2.32. The minimum atomic E-state index is 1.03. The van der Waals surface area contributed by atoms with Gasteiger partial charge in [-0.1, -0.05) is 714 Å². The molecule has 6 atom stereocenters. The van der Waals surface area contributed by atoms with Crippen molar-refractivity contribution in [1.29, 1.82) is 0 Å². The molecule has 2 fully saturated rings. The molecule has 0 aromatic carbocycles. The molecule has 0 amide bonds. The number of hydrogen-bond donors (Lipinski definition) is 0. The molecule has 2 aliphatic carbocycles. The third-order valence-corrected chi connectivity index (χ3v) is 27.6. The second-order valence-electron chi connectivity index (χ2n) is 39.4. The van der Waals surface area contributed by atoms with Crippen molar-refractivity contribution in [1.82, 2.24) is 0 Å². The summed E-state index contributed by atoms with van der Waals surface area (Å²) >= 11 is 0. The lowest BCUT2D eigenvalue weighted by atomic mass is 9.74. The molecule has 0 aromatic rings. The van der Waals surface area contributed by atoms with Crippen LogP contribution in [0.3, 0.4) is 0 Å². The minimum Gasteiger partial charge on any atom is -0.0654 e. The van der Waals surface area contributed by atoms with E-state index in [1.54, 1.807) is 77.0 Å². The molecule has 0 aliphatic heterocycles. The predicted molar refractivity (Wildman–Crippen MR) is 546 cm³/mol. The van der Waals surface area contributed by atoms with Crippen molar-refractivity contribution in [3.8, 4) is 0 Å². The van der Waals surface area contributed by atoms with Gasteiger partial charge in [0.1, 0.15) is 0 Å². The number of hydrogen-bond acceptors (Lipinski definition) is 0. The Bertz CT molecular complexity index is 1340. The van der Waals surface area contributed by atoms with E-state index in [9.17, 15) is 0 Å². The third-order valence-electron chi connectivity index (χ3n) is 27.6. The lowest BCUT2D eigenvalue weighted by Crippen LogP contribution is -2.19. The van der Waals surface area contributed by atoms with Crippen LogP contribution in [0.4, 0.5) is 0 Å². The number of rotatable bonds is 83. The maximum Gasteiger partial charge on any atom is -0.0386 e. The highest BCUT2D eigenvalue weighted by atomic mass is 14.3. The van der Waals surface area contributed by atoms with Crippen LogP contribution < -0.4 is 0 Å². The Hall–Kier alpha value is 0. The molecule has 0 spiro atoms. The van der Waals surface area contributed by atoms with Crippen molar-refractivity contribution in [2.45, 2.75) is 714 Å². The van der Waals surface area contributed by atoms with Crippen LogP contribution in [0.1, 0.15) is 714 Å². The zero-order valence-electron chi connectivity index (χ0n) is 85.9. The Morgan fingerprint density at radius 2 is 0.216 bits per heavy atom. The van der Waals surface area contributed by atoms with Gasteiger partial charge in [-0.15, -0.1) is 0 Å². The van der Waals surface area contributed by atoms with Crippen LogP contribution in [-0.2, 0) is 0 Å². The molecule has 0 heterocycles. The van der Waals surface area contributed by atoms with Crippen molar-refractivity contribution < 1.29 is 0 Å². The Morgan fingerprint density at radius 1 is 0.121 bits per heavy atom. The first kappa shape index (κ1) is 125. The highest BCUT2D eigenvalue weighted by Crippen LogP contribution is 2.39. The van der Waals surface area contributed by atoms with E-state index >= 15 is 0 Å². The molecule has 2 rings (SSSR count). The van der Waals surface area contributed by atoms with Gasteiger partial charge in [0.15, 0.2) is 0 Å². The third kappa shape index (κ3) is 108. The summed E-state index contributed by atoms with van der Waals surface area (Å²) in [4.78, 5) is 0. The molecular weight excluding hydrogens is 1390 g/mol. The standard InChI is InChI=1S/C38H78.2C24H48.C9H20.3C7H16/c1-5-9-13-17-21-23-27-31-35-37(33-29-25-19-15-11-7-3)38(34-30-26-20-16-12-8-4)36-32-28-24-22-18-14-10-6-2;2*1-3-5-7-9-11-13-15-19-23-21-17-18-22-24(23)20-16-14-12-10-8-6-4-2;1-3-5-7-9-8-6-4-2;3*1-3-5-7-6-4-2/h37-38H,5-36H2,1-4H3;2*23-24H,3-22H2,1-2H3;3-9H2,1-2H3;3*3-7H2,1-2H3. The molecule has 2 saturated carbocycles. The summed E-state index contributed by atoms with van der Waals surface area (Å²) in [6, 6.07) is 0.